The summed E-state index contributed by atoms with van der Waals surface area (Å²) in [6.45, 7) is 5.33. The third-order valence-corrected chi connectivity index (χ3v) is 3.19. The molecule has 0 saturated heterocycles. The highest BCUT2D eigenvalue weighted by Gasteiger charge is 2.07. The standard InChI is InChI=1S/C12H21NO2S/c1-3-13-9-11(10-14-2)15-7-6-12-5-4-8-16-12/h4-5,8,11,13H,3,6-7,9-10H2,1-2H3. The van der Waals surface area contributed by atoms with Crippen LogP contribution in [0.1, 0.15) is 11.8 Å². The van der Waals surface area contributed by atoms with E-state index in [0.717, 1.165) is 26.1 Å². The Morgan fingerprint density at radius 3 is 3.00 bits per heavy atom. The first-order valence-electron chi connectivity index (χ1n) is 5.70. The molecule has 1 heterocycles. The summed E-state index contributed by atoms with van der Waals surface area (Å²) in [6.07, 6.45) is 1.15. The van der Waals surface area contributed by atoms with Crippen molar-refractivity contribution >= 4 is 11.3 Å². The normalized spacial score (nSPS) is 12.9. The van der Waals surface area contributed by atoms with Gasteiger partial charge in [-0.3, -0.25) is 0 Å². The maximum atomic E-state index is 5.78. The minimum atomic E-state index is 0.157. The molecule has 0 bridgehead atoms. The molecular formula is C12H21NO2S. The Morgan fingerprint density at radius 2 is 2.38 bits per heavy atom. The molecule has 1 atom stereocenters. The van der Waals surface area contributed by atoms with Crippen LogP contribution in [0, 0.1) is 0 Å². The second kappa shape index (κ2) is 8.70. The van der Waals surface area contributed by atoms with Crippen LogP contribution >= 0.6 is 11.3 Å². The second-order valence-corrected chi connectivity index (χ2v) is 4.62. The highest BCUT2D eigenvalue weighted by Crippen LogP contribution is 2.09. The van der Waals surface area contributed by atoms with E-state index < -0.39 is 0 Å². The fourth-order valence-electron chi connectivity index (χ4n) is 1.44. The van der Waals surface area contributed by atoms with Crippen molar-refractivity contribution in [3.63, 3.8) is 0 Å². The molecule has 1 aromatic rings. The van der Waals surface area contributed by atoms with Gasteiger partial charge >= 0.3 is 0 Å². The number of thiophene rings is 1. The Bertz CT molecular complexity index is 252. The summed E-state index contributed by atoms with van der Waals surface area (Å²) in [4.78, 5) is 1.37. The summed E-state index contributed by atoms with van der Waals surface area (Å²) >= 11 is 1.78. The van der Waals surface area contributed by atoms with Gasteiger partial charge in [0.15, 0.2) is 0 Å². The van der Waals surface area contributed by atoms with Gasteiger partial charge in [-0.2, -0.15) is 0 Å². The summed E-state index contributed by atoms with van der Waals surface area (Å²) < 4.78 is 10.9. The third kappa shape index (κ3) is 5.61. The number of hydrogen-bond acceptors (Lipinski definition) is 4. The van der Waals surface area contributed by atoms with E-state index in [2.05, 4.69) is 29.8 Å². The van der Waals surface area contributed by atoms with Crippen LogP contribution in [0.15, 0.2) is 17.5 Å². The number of hydrogen-bond donors (Lipinski definition) is 1. The Labute approximate surface area is 102 Å². The topological polar surface area (TPSA) is 30.5 Å². The SMILES string of the molecule is CCNCC(COC)OCCc1cccs1. The van der Waals surface area contributed by atoms with Gasteiger partial charge in [-0.15, -0.1) is 11.3 Å². The minimum absolute atomic E-state index is 0.157. The molecule has 1 unspecified atom stereocenters. The Balaban J connectivity index is 2.15. The average Bonchev–Trinajstić information content (AvgIpc) is 2.79. The minimum Gasteiger partial charge on any atom is -0.382 e. The molecule has 1 aromatic heterocycles. The zero-order valence-corrected chi connectivity index (χ0v) is 10.9. The Morgan fingerprint density at radius 1 is 1.50 bits per heavy atom. The molecule has 1 N–H and O–H groups in total. The molecule has 0 aliphatic heterocycles. The molecule has 1 rings (SSSR count). The number of methoxy groups -OCH3 is 1. The Hall–Kier alpha value is -0.420. The van der Waals surface area contributed by atoms with Gasteiger partial charge in [-0.25, -0.2) is 0 Å². The number of likely N-dealkylation sites (N-methyl/N-ethyl adjacent to an activating group) is 1. The van der Waals surface area contributed by atoms with Gasteiger partial charge in [0.25, 0.3) is 0 Å². The first-order chi connectivity index (χ1) is 7.86. The van der Waals surface area contributed by atoms with E-state index in [-0.39, 0.29) is 6.10 Å². The third-order valence-electron chi connectivity index (χ3n) is 2.26. The van der Waals surface area contributed by atoms with Crippen LogP contribution in [-0.2, 0) is 15.9 Å². The lowest BCUT2D eigenvalue weighted by atomic mass is 10.3. The zero-order valence-electron chi connectivity index (χ0n) is 10.1. The zero-order chi connectivity index (χ0) is 11.6. The van der Waals surface area contributed by atoms with E-state index in [4.69, 9.17) is 9.47 Å². The van der Waals surface area contributed by atoms with Crippen LogP contribution in [0.4, 0.5) is 0 Å². The molecule has 0 radical (unpaired) electrons. The van der Waals surface area contributed by atoms with E-state index >= 15 is 0 Å². The molecule has 4 heteroatoms. The molecule has 92 valence electrons. The maximum absolute atomic E-state index is 5.78. The maximum Gasteiger partial charge on any atom is 0.0932 e. The van der Waals surface area contributed by atoms with Crippen molar-refractivity contribution in [1.82, 2.24) is 5.32 Å². The summed E-state index contributed by atoms with van der Waals surface area (Å²) in [5.41, 5.74) is 0. The molecule has 0 spiro atoms. The van der Waals surface area contributed by atoms with Crippen LogP contribution in [0.2, 0.25) is 0 Å². The van der Waals surface area contributed by atoms with Crippen LogP contribution in [-0.4, -0.2) is 39.5 Å². The van der Waals surface area contributed by atoms with E-state index in [1.54, 1.807) is 18.4 Å². The smallest absolute Gasteiger partial charge is 0.0932 e. The van der Waals surface area contributed by atoms with Crippen molar-refractivity contribution in [2.75, 3.05) is 33.4 Å². The highest BCUT2D eigenvalue weighted by molar-refractivity contribution is 7.09. The van der Waals surface area contributed by atoms with E-state index in [1.165, 1.54) is 4.88 Å². The van der Waals surface area contributed by atoms with Crippen LogP contribution in [0.25, 0.3) is 0 Å². The van der Waals surface area contributed by atoms with Crippen molar-refractivity contribution in [2.45, 2.75) is 19.4 Å². The lowest BCUT2D eigenvalue weighted by molar-refractivity contribution is 0.000860. The van der Waals surface area contributed by atoms with Crippen LogP contribution in [0.3, 0.4) is 0 Å². The fraction of sp³-hybridized carbons (Fsp3) is 0.667. The first-order valence-corrected chi connectivity index (χ1v) is 6.58. The molecular weight excluding hydrogens is 222 g/mol. The highest BCUT2D eigenvalue weighted by atomic mass is 32.1. The monoisotopic (exact) mass is 243 g/mol. The van der Waals surface area contributed by atoms with Crippen molar-refractivity contribution < 1.29 is 9.47 Å². The first kappa shape index (κ1) is 13.6. The fourth-order valence-corrected chi connectivity index (χ4v) is 2.13. The van der Waals surface area contributed by atoms with Crippen molar-refractivity contribution in [1.29, 1.82) is 0 Å². The predicted molar refractivity (Wildman–Crippen MR) is 68.2 cm³/mol. The summed E-state index contributed by atoms with van der Waals surface area (Å²) in [5, 5.41) is 5.37. The van der Waals surface area contributed by atoms with Crippen LogP contribution < -0.4 is 5.32 Å². The van der Waals surface area contributed by atoms with Crippen molar-refractivity contribution in [3.8, 4) is 0 Å². The summed E-state index contributed by atoms with van der Waals surface area (Å²) in [5.74, 6) is 0. The second-order valence-electron chi connectivity index (χ2n) is 3.59. The van der Waals surface area contributed by atoms with Gasteiger partial charge < -0.3 is 14.8 Å². The summed E-state index contributed by atoms with van der Waals surface area (Å²) in [6, 6.07) is 4.22. The molecule has 3 nitrogen and oxygen atoms in total. The lowest BCUT2D eigenvalue weighted by Crippen LogP contribution is -2.33. The predicted octanol–water partition coefficient (Wildman–Crippen LogP) is 1.93. The van der Waals surface area contributed by atoms with Crippen molar-refractivity contribution in [2.24, 2.45) is 0 Å². The van der Waals surface area contributed by atoms with E-state index in [9.17, 15) is 0 Å². The molecule has 0 saturated carbocycles. The number of ether oxygens (including phenoxy) is 2. The van der Waals surface area contributed by atoms with Gasteiger partial charge in [0, 0.05) is 25.0 Å². The quantitative estimate of drug-likeness (QED) is 0.719. The number of nitrogens with one attached hydrogen (secondary N) is 1. The molecule has 0 aliphatic carbocycles. The largest absolute Gasteiger partial charge is 0.382 e. The lowest BCUT2D eigenvalue weighted by Gasteiger charge is -2.17. The van der Waals surface area contributed by atoms with E-state index in [0.29, 0.717) is 6.61 Å². The van der Waals surface area contributed by atoms with Gasteiger partial charge in [0.1, 0.15) is 0 Å². The van der Waals surface area contributed by atoms with Gasteiger partial charge in [0.05, 0.1) is 19.3 Å². The van der Waals surface area contributed by atoms with Crippen LogP contribution in [0.5, 0.6) is 0 Å². The molecule has 0 amide bonds. The van der Waals surface area contributed by atoms with Gasteiger partial charge in [0.2, 0.25) is 0 Å². The molecule has 16 heavy (non-hydrogen) atoms. The summed E-state index contributed by atoms with van der Waals surface area (Å²) in [7, 11) is 1.71. The number of rotatable bonds is 9. The molecule has 0 fully saturated rings. The van der Waals surface area contributed by atoms with E-state index in [1.807, 2.05) is 0 Å². The molecule has 0 aliphatic rings. The Kier molecular flexibility index (Phi) is 7.42. The van der Waals surface area contributed by atoms with Gasteiger partial charge in [-0.05, 0) is 18.0 Å². The molecule has 0 aromatic carbocycles. The van der Waals surface area contributed by atoms with Crippen molar-refractivity contribution in [3.05, 3.63) is 22.4 Å². The van der Waals surface area contributed by atoms with Gasteiger partial charge in [-0.1, -0.05) is 13.0 Å². The average molecular weight is 243 g/mol.